The second-order valence-electron chi connectivity index (χ2n) is 5.55. The van der Waals surface area contributed by atoms with Crippen molar-refractivity contribution in [3.8, 4) is 11.5 Å². The van der Waals surface area contributed by atoms with E-state index >= 15 is 0 Å². The predicted molar refractivity (Wildman–Crippen MR) is 98.0 cm³/mol. The number of nitrogens with one attached hydrogen (secondary N) is 3. The second kappa shape index (κ2) is 9.62. The van der Waals surface area contributed by atoms with Crippen LogP contribution in [-0.2, 0) is 16.0 Å². The standard InChI is InChI=1S/C17H24BrN3O4/c1-3-24-14-7-11(12(18)9-15(14)25-4-2)8-16(22)21-13-10-19-5-6-20-17(13)23/h7,9,13,19H,3-6,8,10H2,1-2H3,(H,20,23)(H,21,22). The molecule has 1 fully saturated rings. The first-order valence-corrected chi connectivity index (χ1v) is 9.20. The van der Waals surface area contributed by atoms with Gasteiger partial charge in [-0.2, -0.15) is 0 Å². The average Bonchev–Trinajstić information content (AvgIpc) is 2.77. The van der Waals surface area contributed by atoms with Gasteiger partial charge in [0.15, 0.2) is 11.5 Å². The number of hydrogen-bond acceptors (Lipinski definition) is 5. The molecule has 0 spiro atoms. The molecule has 25 heavy (non-hydrogen) atoms. The van der Waals surface area contributed by atoms with Gasteiger partial charge in [-0.3, -0.25) is 9.59 Å². The van der Waals surface area contributed by atoms with Gasteiger partial charge in [-0.15, -0.1) is 0 Å². The molecule has 1 heterocycles. The third-order valence-electron chi connectivity index (χ3n) is 3.66. The summed E-state index contributed by atoms with van der Waals surface area (Å²) in [4.78, 5) is 24.3. The summed E-state index contributed by atoms with van der Waals surface area (Å²) >= 11 is 3.47. The highest BCUT2D eigenvalue weighted by atomic mass is 79.9. The third kappa shape index (κ3) is 5.61. The van der Waals surface area contributed by atoms with Crippen LogP contribution in [0.4, 0.5) is 0 Å². The first-order chi connectivity index (χ1) is 12.0. The largest absolute Gasteiger partial charge is 0.490 e. The molecule has 8 heteroatoms. The van der Waals surface area contributed by atoms with E-state index in [1.165, 1.54) is 0 Å². The Hall–Kier alpha value is -1.80. The van der Waals surface area contributed by atoms with Gasteiger partial charge in [0, 0.05) is 24.1 Å². The lowest BCUT2D eigenvalue weighted by Crippen LogP contribution is -2.49. The zero-order valence-electron chi connectivity index (χ0n) is 14.5. The number of amides is 2. The van der Waals surface area contributed by atoms with E-state index in [4.69, 9.17) is 9.47 Å². The molecule has 1 aromatic rings. The lowest BCUT2D eigenvalue weighted by Gasteiger charge is -2.17. The van der Waals surface area contributed by atoms with E-state index in [2.05, 4.69) is 31.9 Å². The molecule has 0 aromatic heterocycles. The Morgan fingerprint density at radius 3 is 2.60 bits per heavy atom. The summed E-state index contributed by atoms with van der Waals surface area (Å²) in [5.41, 5.74) is 0.770. The Bertz CT molecular complexity index is 624. The number of rotatable bonds is 7. The van der Waals surface area contributed by atoms with Crippen LogP contribution >= 0.6 is 15.9 Å². The highest BCUT2D eigenvalue weighted by molar-refractivity contribution is 9.10. The maximum atomic E-state index is 12.4. The van der Waals surface area contributed by atoms with Crippen LogP contribution in [-0.4, -0.2) is 50.7 Å². The van der Waals surface area contributed by atoms with Crippen molar-refractivity contribution in [1.29, 1.82) is 0 Å². The summed E-state index contributed by atoms with van der Waals surface area (Å²) < 4.78 is 11.9. The molecular formula is C17H24BrN3O4. The monoisotopic (exact) mass is 413 g/mol. The summed E-state index contributed by atoms with van der Waals surface area (Å²) in [5.74, 6) is 0.840. The number of carbonyl (C=O) groups excluding carboxylic acids is 2. The molecule has 0 aliphatic carbocycles. The van der Waals surface area contributed by atoms with Crippen molar-refractivity contribution < 1.29 is 19.1 Å². The molecule has 2 rings (SSSR count). The lowest BCUT2D eigenvalue weighted by atomic mass is 10.1. The van der Waals surface area contributed by atoms with Crippen molar-refractivity contribution in [3.63, 3.8) is 0 Å². The highest BCUT2D eigenvalue weighted by Gasteiger charge is 2.23. The minimum Gasteiger partial charge on any atom is -0.490 e. The van der Waals surface area contributed by atoms with E-state index < -0.39 is 6.04 Å². The van der Waals surface area contributed by atoms with E-state index in [-0.39, 0.29) is 18.2 Å². The van der Waals surface area contributed by atoms with Gasteiger partial charge in [-0.1, -0.05) is 15.9 Å². The van der Waals surface area contributed by atoms with E-state index in [1.807, 2.05) is 13.8 Å². The fourth-order valence-electron chi connectivity index (χ4n) is 2.52. The summed E-state index contributed by atoms with van der Waals surface area (Å²) in [6.45, 7) is 6.50. The Morgan fingerprint density at radius 1 is 1.24 bits per heavy atom. The number of halogens is 1. The third-order valence-corrected chi connectivity index (χ3v) is 4.40. The second-order valence-corrected chi connectivity index (χ2v) is 6.40. The summed E-state index contributed by atoms with van der Waals surface area (Å²) in [7, 11) is 0. The molecule has 1 atom stereocenters. The van der Waals surface area contributed by atoms with Gasteiger partial charge in [0.2, 0.25) is 11.8 Å². The molecule has 1 aliphatic rings. The van der Waals surface area contributed by atoms with Crippen molar-refractivity contribution in [2.24, 2.45) is 0 Å². The molecule has 1 aromatic carbocycles. The van der Waals surface area contributed by atoms with Crippen LogP contribution in [0, 0.1) is 0 Å². The first kappa shape index (κ1) is 19.5. The quantitative estimate of drug-likeness (QED) is 0.620. The lowest BCUT2D eigenvalue weighted by molar-refractivity contribution is -0.128. The Labute approximate surface area is 156 Å². The summed E-state index contributed by atoms with van der Waals surface area (Å²) in [6.07, 6.45) is 0.136. The van der Waals surface area contributed by atoms with E-state index in [9.17, 15) is 9.59 Å². The van der Waals surface area contributed by atoms with Crippen LogP contribution in [0.15, 0.2) is 16.6 Å². The normalized spacial score (nSPS) is 17.4. The van der Waals surface area contributed by atoms with Crippen molar-refractivity contribution in [3.05, 3.63) is 22.2 Å². The first-order valence-electron chi connectivity index (χ1n) is 8.41. The van der Waals surface area contributed by atoms with Gasteiger partial charge in [-0.25, -0.2) is 0 Å². The van der Waals surface area contributed by atoms with Crippen LogP contribution in [0.5, 0.6) is 11.5 Å². The molecule has 138 valence electrons. The van der Waals surface area contributed by atoms with Crippen molar-refractivity contribution in [2.45, 2.75) is 26.3 Å². The molecule has 1 saturated heterocycles. The average molecular weight is 414 g/mol. The van der Waals surface area contributed by atoms with E-state index in [1.54, 1.807) is 12.1 Å². The van der Waals surface area contributed by atoms with Gasteiger partial charge >= 0.3 is 0 Å². The van der Waals surface area contributed by atoms with Crippen molar-refractivity contribution >= 4 is 27.7 Å². The molecule has 0 bridgehead atoms. The van der Waals surface area contributed by atoms with Gasteiger partial charge in [0.05, 0.1) is 19.6 Å². The maximum absolute atomic E-state index is 12.4. The van der Waals surface area contributed by atoms with Gasteiger partial charge < -0.3 is 25.4 Å². The maximum Gasteiger partial charge on any atom is 0.243 e. The Kier molecular flexibility index (Phi) is 7.52. The van der Waals surface area contributed by atoms with Crippen LogP contribution in [0.3, 0.4) is 0 Å². The molecular weight excluding hydrogens is 390 g/mol. The molecule has 0 radical (unpaired) electrons. The molecule has 2 amide bonds. The Morgan fingerprint density at radius 2 is 1.92 bits per heavy atom. The minimum absolute atomic E-state index is 0.136. The van der Waals surface area contributed by atoms with Gasteiger partial charge in [-0.05, 0) is 31.5 Å². The predicted octanol–water partition coefficient (Wildman–Crippen LogP) is 0.993. The summed E-state index contributed by atoms with van der Waals surface area (Å²) in [5, 5.41) is 8.64. The van der Waals surface area contributed by atoms with Crippen molar-refractivity contribution in [2.75, 3.05) is 32.8 Å². The Balaban J connectivity index is 2.08. The minimum atomic E-state index is -0.567. The molecule has 0 saturated carbocycles. The number of benzene rings is 1. The van der Waals surface area contributed by atoms with Gasteiger partial charge in [0.25, 0.3) is 0 Å². The highest BCUT2D eigenvalue weighted by Crippen LogP contribution is 2.34. The number of hydrogen-bond donors (Lipinski definition) is 3. The van der Waals surface area contributed by atoms with Crippen LogP contribution in [0.1, 0.15) is 19.4 Å². The van der Waals surface area contributed by atoms with Crippen LogP contribution in [0.25, 0.3) is 0 Å². The van der Waals surface area contributed by atoms with Crippen LogP contribution in [0.2, 0.25) is 0 Å². The fourth-order valence-corrected chi connectivity index (χ4v) is 2.98. The van der Waals surface area contributed by atoms with Crippen molar-refractivity contribution in [1.82, 2.24) is 16.0 Å². The number of carbonyl (C=O) groups is 2. The number of ether oxygens (including phenoxy) is 2. The zero-order chi connectivity index (χ0) is 18.2. The zero-order valence-corrected chi connectivity index (χ0v) is 16.1. The van der Waals surface area contributed by atoms with E-state index in [0.717, 1.165) is 10.0 Å². The smallest absolute Gasteiger partial charge is 0.243 e. The van der Waals surface area contributed by atoms with E-state index in [0.29, 0.717) is 44.3 Å². The molecule has 7 nitrogen and oxygen atoms in total. The molecule has 1 unspecified atom stereocenters. The SMILES string of the molecule is CCOc1cc(Br)c(CC(=O)NC2CNCCNC2=O)cc1OCC. The summed E-state index contributed by atoms with van der Waals surface area (Å²) in [6, 6.07) is 3.03. The topological polar surface area (TPSA) is 88.7 Å². The molecule has 3 N–H and O–H groups in total. The fraction of sp³-hybridized carbons (Fsp3) is 0.529. The van der Waals surface area contributed by atoms with Gasteiger partial charge in [0.1, 0.15) is 6.04 Å². The van der Waals surface area contributed by atoms with Crippen LogP contribution < -0.4 is 25.4 Å². The molecule has 1 aliphatic heterocycles.